The molecule has 4 nitrogen and oxygen atoms in total. The molecule has 14 heavy (non-hydrogen) atoms. The lowest BCUT2D eigenvalue weighted by Gasteiger charge is -2.08. The van der Waals surface area contributed by atoms with Crippen molar-refractivity contribution >= 4 is 0 Å². The Morgan fingerprint density at radius 3 is 2.43 bits per heavy atom. The van der Waals surface area contributed by atoms with Gasteiger partial charge in [0.25, 0.3) is 0 Å². The predicted molar refractivity (Wildman–Crippen MR) is 53.4 cm³/mol. The Hall–Kier alpha value is -1.26. The van der Waals surface area contributed by atoms with E-state index in [0.29, 0.717) is 12.3 Å². The molecule has 0 spiro atoms. The molecule has 0 aliphatic rings. The standard InChI is InChI=1S/C10H15NO3/c1-12-7-14-10-4-8(6-11)3-9(5-10)13-2/h3-5H,6-7,11H2,1-2H3. The lowest BCUT2D eigenvalue weighted by Crippen LogP contribution is -2.02. The molecule has 0 saturated carbocycles. The van der Waals surface area contributed by atoms with Gasteiger partial charge in [-0.2, -0.15) is 0 Å². The van der Waals surface area contributed by atoms with Crippen LogP contribution < -0.4 is 15.2 Å². The van der Waals surface area contributed by atoms with Crippen molar-refractivity contribution in [3.05, 3.63) is 23.8 Å². The highest BCUT2D eigenvalue weighted by molar-refractivity contribution is 5.38. The minimum Gasteiger partial charge on any atom is -0.497 e. The van der Waals surface area contributed by atoms with Crippen LogP contribution in [0.1, 0.15) is 5.56 Å². The van der Waals surface area contributed by atoms with Gasteiger partial charge in [0.05, 0.1) is 7.11 Å². The van der Waals surface area contributed by atoms with Crippen LogP contribution in [0, 0.1) is 0 Å². The molecule has 0 fully saturated rings. The van der Waals surface area contributed by atoms with Gasteiger partial charge < -0.3 is 19.9 Å². The fraction of sp³-hybridized carbons (Fsp3) is 0.400. The zero-order valence-electron chi connectivity index (χ0n) is 8.45. The van der Waals surface area contributed by atoms with Gasteiger partial charge in [-0.1, -0.05) is 0 Å². The van der Waals surface area contributed by atoms with Crippen molar-refractivity contribution in [2.45, 2.75) is 6.54 Å². The summed E-state index contributed by atoms with van der Waals surface area (Å²) in [7, 11) is 3.18. The maximum atomic E-state index is 5.53. The maximum absolute atomic E-state index is 5.53. The van der Waals surface area contributed by atoms with E-state index in [1.54, 1.807) is 20.3 Å². The van der Waals surface area contributed by atoms with Gasteiger partial charge in [-0.25, -0.2) is 0 Å². The fourth-order valence-electron chi connectivity index (χ4n) is 1.08. The highest BCUT2D eigenvalue weighted by Gasteiger charge is 2.00. The van der Waals surface area contributed by atoms with Crippen molar-refractivity contribution in [1.82, 2.24) is 0 Å². The summed E-state index contributed by atoms with van der Waals surface area (Å²) in [6.45, 7) is 0.678. The van der Waals surface area contributed by atoms with Crippen molar-refractivity contribution in [3.8, 4) is 11.5 Å². The lowest BCUT2D eigenvalue weighted by molar-refractivity contribution is 0.0509. The summed E-state index contributed by atoms with van der Waals surface area (Å²) in [6, 6.07) is 5.53. The molecule has 0 heterocycles. The number of ether oxygens (including phenoxy) is 3. The van der Waals surface area contributed by atoms with E-state index in [1.807, 2.05) is 12.1 Å². The van der Waals surface area contributed by atoms with E-state index in [2.05, 4.69) is 0 Å². The fourth-order valence-corrected chi connectivity index (χ4v) is 1.08. The topological polar surface area (TPSA) is 53.7 Å². The van der Waals surface area contributed by atoms with E-state index < -0.39 is 0 Å². The van der Waals surface area contributed by atoms with E-state index in [1.165, 1.54) is 0 Å². The minimum atomic E-state index is 0.219. The summed E-state index contributed by atoms with van der Waals surface area (Å²) in [5.41, 5.74) is 6.50. The molecule has 2 N–H and O–H groups in total. The molecule has 1 rings (SSSR count). The Kier molecular flexibility index (Phi) is 4.22. The van der Waals surface area contributed by atoms with Crippen LogP contribution in [-0.4, -0.2) is 21.0 Å². The van der Waals surface area contributed by atoms with E-state index >= 15 is 0 Å². The van der Waals surface area contributed by atoms with E-state index in [4.69, 9.17) is 19.9 Å². The van der Waals surface area contributed by atoms with Gasteiger partial charge in [-0.3, -0.25) is 0 Å². The van der Waals surface area contributed by atoms with Crippen molar-refractivity contribution in [1.29, 1.82) is 0 Å². The second-order valence-electron chi connectivity index (χ2n) is 2.77. The molecule has 4 heteroatoms. The molecule has 0 atom stereocenters. The summed E-state index contributed by atoms with van der Waals surface area (Å²) >= 11 is 0. The van der Waals surface area contributed by atoms with Gasteiger partial charge >= 0.3 is 0 Å². The van der Waals surface area contributed by atoms with Crippen LogP contribution in [0.5, 0.6) is 11.5 Å². The van der Waals surface area contributed by atoms with E-state index in [0.717, 1.165) is 11.3 Å². The summed E-state index contributed by atoms with van der Waals surface area (Å²) in [5, 5.41) is 0. The molecule has 1 aromatic carbocycles. The van der Waals surface area contributed by atoms with Crippen LogP contribution in [0.2, 0.25) is 0 Å². The number of methoxy groups -OCH3 is 2. The van der Waals surface area contributed by atoms with Crippen molar-refractivity contribution in [2.75, 3.05) is 21.0 Å². The molecule has 0 bridgehead atoms. The SMILES string of the molecule is COCOc1cc(CN)cc(OC)c1. The zero-order valence-corrected chi connectivity index (χ0v) is 8.45. The third-order valence-corrected chi connectivity index (χ3v) is 1.75. The molecule has 0 radical (unpaired) electrons. The molecule has 1 aromatic rings. The monoisotopic (exact) mass is 197 g/mol. The van der Waals surface area contributed by atoms with Crippen molar-refractivity contribution in [3.63, 3.8) is 0 Å². The Morgan fingerprint density at radius 2 is 1.86 bits per heavy atom. The first-order valence-corrected chi connectivity index (χ1v) is 4.30. The summed E-state index contributed by atoms with van der Waals surface area (Å²) in [4.78, 5) is 0. The van der Waals surface area contributed by atoms with Gasteiger partial charge in [0, 0.05) is 19.7 Å². The molecule has 78 valence electrons. The smallest absolute Gasteiger partial charge is 0.188 e. The predicted octanol–water partition coefficient (Wildman–Crippen LogP) is 1.14. The normalized spacial score (nSPS) is 9.93. The van der Waals surface area contributed by atoms with E-state index in [9.17, 15) is 0 Å². The van der Waals surface area contributed by atoms with Gasteiger partial charge in [0.15, 0.2) is 6.79 Å². The Labute approximate surface area is 83.6 Å². The molecular formula is C10H15NO3. The number of benzene rings is 1. The van der Waals surface area contributed by atoms with Gasteiger partial charge in [-0.05, 0) is 17.7 Å². The van der Waals surface area contributed by atoms with Crippen LogP contribution in [-0.2, 0) is 11.3 Å². The number of hydrogen-bond donors (Lipinski definition) is 1. The van der Waals surface area contributed by atoms with Crippen LogP contribution in [0.3, 0.4) is 0 Å². The Morgan fingerprint density at radius 1 is 1.14 bits per heavy atom. The molecular weight excluding hydrogens is 182 g/mol. The molecule has 0 aliphatic carbocycles. The van der Waals surface area contributed by atoms with Crippen LogP contribution in [0.4, 0.5) is 0 Å². The van der Waals surface area contributed by atoms with Crippen molar-refractivity contribution in [2.24, 2.45) is 5.73 Å². The van der Waals surface area contributed by atoms with Crippen molar-refractivity contribution < 1.29 is 14.2 Å². The Bertz CT molecular complexity index is 266. The lowest BCUT2D eigenvalue weighted by atomic mass is 10.2. The Balaban J connectivity index is 2.81. The van der Waals surface area contributed by atoms with Crippen LogP contribution in [0.25, 0.3) is 0 Å². The largest absolute Gasteiger partial charge is 0.497 e. The van der Waals surface area contributed by atoms with Gasteiger partial charge in [0.1, 0.15) is 11.5 Å². The molecule has 0 aromatic heterocycles. The molecule has 0 amide bonds. The first-order chi connectivity index (χ1) is 6.80. The highest BCUT2D eigenvalue weighted by Crippen LogP contribution is 2.22. The van der Waals surface area contributed by atoms with Crippen LogP contribution in [0.15, 0.2) is 18.2 Å². The maximum Gasteiger partial charge on any atom is 0.188 e. The molecule has 0 aliphatic heterocycles. The zero-order chi connectivity index (χ0) is 10.4. The number of rotatable bonds is 5. The minimum absolute atomic E-state index is 0.219. The summed E-state index contributed by atoms with van der Waals surface area (Å²) in [6.07, 6.45) is 0. The summed E-state index contributed by atoms with van der Waals surface area (Å²) < 4.78 is 15.2. The highest BCUT2D eigenvalue weighted by atomic mass is 16.7. The quantitative estimate of drug-likeness (QED) is 0.719. The second kappa shape index (κ2) is 5.47. The third-order valence-electron chi connectivity index (χ3n) is 1.75. The first kappa shape index (κ1) is 10.8. The summed E-state index contributed by atoms with van der Waals surface area (Å²) in [5.74, 6) is 1.44. The average Bonchev–Trinajstić information content (AvgIpc) is 2.25. The van der Waals surface area contributed by atoms with E-state index in [-0.39, 0.29) is 6.79 Å². The van der Waals surface area contributed by atoms with Gasteiger partial charge in [-0.15, -0.1) is 0 Å². The molecule has 0 unspecified atom stereocenters. The average molecular weight is 197 g/mol. The second-order valence-corrected chi connectivity index (χ2v) is 2.77. The number of hydrogen-bond acceptors (Lipinski definition) is 4. The van der Waals surface area contributed by atoms with Gasteiger partial charge in [0.2, 0.25) is 0 Å². The molecule has 0 saturated heterocycles. The van der Waals surface area contributed by atoms with Crippen LogP contribution >= 0.6 is 0 Å². The number of nitrogens with two attached hydrogens (primary N) is 1. The third kappa shape index (κ3) is 2.90. The first-order valence-electron chi connectivity index (χ1n) is 4.30.